The third-order valence-electron chi connectivity index (χ3n) is 2.91. The van der Waals surface area contributed by atoms with Crippen LogP contribution in [0.25, 0.3) is 0 Å². The predicted molar refractivity (Wildman–Crippen MR) is 83.0 cm³/mol. The summed E-state index contributed by atoms with van der Waals surface area (Å²) in [5.74, 6) is -0.282. The number of aliphatic hydroxyl groups excluding tert-OH is 2. The van der Waals surface area contributed by atoms with E-state index in [1.54, 1.807) is 19.1 Å². The van der Waals surface area contributed by atoms with Gasteiger partial charge in [-0.1, -0.05) is 29.3 Å². The Kier molecular flexibility index (Phi) is 6.98. The van der Waals surface area contributed by atoms with Crippen LogP contribution in [0.5, 0.6) is 0 Å². The molecule has 116 valence electrons. The molecule has 1 rings (SSSR count). The van der Waals surface area contributed by atoms with E-state index in [0.29, 0.717) is 22.4 Å². The third-order valence-corrected chi connectivity index (χ3v) is 3.75. The van der Waals surface area contributed by atoms with Gasteiger partial charge in [-0.3, -0.25) is 4.79 Å². The summed E-state index contributed by atoms with van der Waals surface area (Å²) in [5.41, 5.74) is 1.79. The largest absolute Gasteiger partial charge is 0.393 e. The lowest BCUT2D eigenvalue weighted by Gasteiger charge is -2.16. The van der Waals surface area contributed by atoms with Crippen molar-refractivity contribution in [2.75, 3.05) is 6.61 Å². The molecule has 1 aromatic carbocycles. The highest BCUT2D eigenvalue weighted by atomic mass is 35.5. The number of aryl methyl sites for hydroxylation is 1. The number of halogens is 2. The number of nitrogens with one attached hydrogen (secondary N) is 2. The monoisotopic (exact) mass is 332 g/mol. The highest BCUT2D eigenvalue weighted by Gasteiger charge is 2.15. The second kappa shape index (κ2) is 8.24. The zero-order chi connectivity index (χ0) is 16.0. The van der Waals surface area contributed by atoms with E-state index in [2.05, 4.69) is 10.6 Å². The molecule has 0 saturated heterocycles. The number of amides is 1. The lowest BCUT2D eigenvalue weighted by molar-refractivity contribution is -0.130. The smallest absolute Gasteiger partial charge is 0.256 e. The summed E-state index contributed by atoms with van der Waals surface area (Å²) in [6.45, 7) is 3.35. The van der Waals surface area contributed by atoms with Gasteiger partial charge in [0.1, 0.15) is 5.82 Å². The molecule has 0 aliphatic carbocycles. The van der Waals surface area contributed by atoms with Crippen LogP contribution in [0.4, 0.5) is 0 Å². The van der Waals surface area contributed by atoms with Gasteiger partial charge in [0.05, 0.1) is 16.7 Å². The minimum atomic E-state index is -1.46. The van der Waals surface area contributed by atoms with Crippen LogP contribution in [0.1, 0.15) is 18.1 Å². The second-order valence-corrected chi connectivity index (χ2v) is 5.19. The molecule has 1 atom stereocenters. The van der Waals surface area contributed by atoms with Crippen LogP contribution in [0.2, 0.25) is 10.0 Å². The van der Waals surface area contributed by atoms with Crippen molar-refractivity contribution in [3.8, 4) is 0 Å². The van der Waals surface area contributed by atoms with Crippen molar-refractivity contribution in [2.24, 2.45) is 0 Å². The van der Waals surface area contributed by atoms with E-state index < -0.39 is 18.6 Å². The lowest BCUT2D eigenvalue weighted by Crippen LogP contribution is -2.39. The van der Waals surface area contributed by atoms with Gasteiger partial charge in [-0.15, -0.1) is 0 Å². The summed E-state index contributed by atoms with van der Waals surface area (Å²) in [4.78, 5) is 11.5. The maximum Gasteiger partial charge on any atom is 0.256 e. The van der Waals surface area contributed by atoms with E-state index in [1.807, 2.05) is 13.0 Å². The zero-order valence-corrected chi connectivity index (χ0v) is 13.3. The first-order valence-corrected chi connectivity index (χ1v) is 7.09. The Labute approximate surface area is 133 Å². The third kappa shape index (κ3) is 4.89. The average Bonchev–Trinajstić information content (AvgIpc) is 2.48. The summed E-state index contributed by atoms with van der Waals surface area (Å²) in [5, 5.41) is 24.3. The molecule has 5 nitrogen and oxygen atoms in total. The summed E-state index contributed by atoms with van der Waals surface area (Å²) in [6, 6.07) is 3.58. The number of carbonyl (C=O) groups is 1. The van der Waals surface area contributed by atoms with Crippen LogP contribution in [-0.2, 0) is 11.3 Å². The molecule has 4 N–H and O–H groups in total. The van der Waals surface area contributed by atoms with Crippen LogP contribution in [0, 0.1) is 6.92 Å². The Hall–Kier alpha value is -1.27. The molecule has 1 unspecified atom stereocenters. The van der Waals surface area contributed by atoms with E-state index in [1.165, 1.54) is 0 Å². The SMILES string of the molecule is CC=C(NCc1c(C)ccc(Cl)c1Cl)NC(=O)C(O)CO. The standard InChI is InChI=1S/C14H18Cl2N2O3/c1-3-12(18-14(21)11(20)7-19)17-6-9-8(2)4-5-10(15)13(9)16/h3-5,11,17,19-20H,6-7H2,1-2H3,(H,18,21). The van der Waals surface area contributed by atoms with Gasteiger partial charge in [0.15, 0.2) is 6.10 Å². The van der Waals surface area contributed by atoms with Crippen LogP contribution in [-0.4, -0.2) is 28.8 Å². The minimum Gasteiger partial charge on any atom is -0.393 e. The Morgan fingerprint density at radius 3 is 2.67 bits per heavy atom. The zero-order valence-electron chi connectivity index (χ0n) is 11.8. The summed E-state index contributed by atoms with van der Waals surface area (Å²) in [7, 11) is 0. The number of aliphatic hydroxyl groups is 2. The Balaban J connectivity index is 2.73. The van der Waals surface area contributed by atoms with Gasteiger partial charge in [-0.25, -0.2) is 0 Å². The number of rotatable bonds is 6. The fraction of sp³-hybridized carbons (Fsp3) is 0.357. The second-order valence-electron chi connectivity index (χ2n) is 4.40. The molecule has 0 radical (unpaired) electrons. The lowest BCUT2D eigenvalue weighted by atomic mass is 10.1. The molecular formula is C14H18Cl2N2O3. The maximum absolute atomic E-state index is 11.5. The summed E-state index contributed by atoms with van der Waals surface area (Å²) < 4.78 is 0. The average molecular weight is 333 g/mol. The molecule has 0 spiro atoms. The predicted octanol–water partition coefficient (Wildman–Crippen LogP) is 1.72. The van der Waals surface area contributed by atoms with Gasteiger partial charge in [0, 0.05) is 6.54 Å². The number of benzene rings is 1. The van der Waals surface area contributed by atoms with Crippen LogP contribution < -0.4 is 10.6 Å². The molecule has 21 heavy (non-hydrogen) atoms. The quantitative estimate of drug-likeness (QED) is 0.639. The molecular weight excluding hydrogens is 315 g/mol. The van der Waals surface area contributed by atoms with E-state index in [4.69, 9.17) is 28.3 Å². The first kappa shape index (κ1) is 17.8. The first-order valence-electron chi connectivity index (χ1n) is 6.34. The van der Waals surface area contributed by atoms with Gasteiger partial charge in [0.25, 0.3) is 5.91 Å². The molecule has 1 amide bonds. The number of hydrogen-bond donors (Lipinski definition) is 4. The molecule has 0 aromatic heterocycles. The van der Waals surface area contributed by atoms with Crippen molar-refractivity contribution in [3.63, 3.8) is 0 Å². The summed E-state index contributed by atoms with van der Waals surface area (Å²) >= 11 is 12.1. The van der Waals surface area contributed by atoms with Gasteiger partial charge >= 0.3 is 0 Å². The number of carbonyl (C=O) groups excluding carboxylic acids is 1. The van der Waals surface area contributed by atoms with E-state index in [-0.39, 0.29) is 0 Å². The Morgan fingerprint density at radius 2 is 2.10 bits per heavy atom. The minimum absolute atomic E-state index is 0.362. The molecule has 0 aliphatic rings. The van der Waals surface area contributed by atoms with Gasteiger partial charge in [0.2, 0.25) is 0 Å². The van der Waals surface area contributed by atoms with E-state index in [9.17, 15) is 9.90 Å². The fourth-order valence-corrected chi connectivity index (χ4v) is 2.06. The van der Waals surface area contributed by atoms with Crippen LogP contribution >= 0.6 is 23.2 Å². The van der Waals surface area contributed by atoms with Gasteiger partial charge in [-0.2, -0.15) is 0 Å². The van der Waals surface area contributed by atoms with Gasteiger partial charge < -0.3 is 20.8 Å². The Bertz CT molecular complexity index is 547. The van der Waals surface area contributed by atoms with Crippen molar-refractivity contribution in [1.29, 1.82) is 0 Å². The first-order chi connectivity index (χ1) is 9.90. The van der Waals surface area contributed by atoms with E-state index in [0.717, 1.165) is 11.1 Å². The Morgan fingerprint density at radius 1 is 1.43 bits per heavy atom. The van der Waals surface area contributed by atoms with Crippen molar-refractivity contribution in [2.45, 2.75) is 26.5 Å². The number of hydrogen-bond acceptors (Lipinski definition) is 4. The number of allylic oxidation sites excluding steroid dienone is 1. The van der Waals surface area contributed by atoms with Crippen molar-refractivity contribution in [1.82, 2.24) is 10.6 Å². The summed E-state index contributed by atoms with van der Waals surface area (Å²) in [6.07, 6.45) is 0.175. The van der Waals surface area contributed by atoms with Crippen molar-refractivity contribution >= 4 is 29.1 Å². The molecule has 1 aromatic rings. The maximum atomic E-state index is 11.5. The highest BCUT2D eigenvalue weighted by Crippen LogP contribution is 2.28. The van der Waals surface area contributed by atoms with Crippen molar-refractivity contribution < 1.29 is 15.0 Å². The highest BCUT2D eigenvalue weighted by molar-refractivity contribution is 6.42. The van der Waals surface area contributed by atoms with Crippen molar-refractivity contribution in [3.05, 3.63) is 45.2 Å². The van der Waals surface area contributed by atoms with Crippen LogP contribution in [0.3, 0.4) is 0 Å². The molecule has 0 fully saturated rings. The topological polar surface area (TPSA) is 81.6 Å². The molecule has 0 saturated carbocycles. The van der Waals surface area contributed by atoms with Crippen LogP contribution in [0.15, 0.2) is 24.0 Å². The fourth-order valence-electron chi connectivity index (χ4n) is 1.61. The molecule has 7 heteroatoms. The van der Waals surface area contributed by atoms with E-state index >= 15 is 0 Å². The normalized spacial score (nSPS) is 13.0. The van der Waals surface area contributed by atoms with Gasteiger partial charge in [-0.05, 0) is 37.1 Å². The molecule has 0 heterocycles. The molecule has 0 aliphatic heterocycles. The molecule has 0 bridgehead atoms.